The maximum Gasteiger partial charge on any atom is 0.310 e. The van der Waals surface area contributed by atoms with E-state index in [2.05, 4.69) is 52.1 Å². The van der Waals surface area contributed by atoms with E-state index in [9.17, 15) is 9.59 Å². The second-order valence-electron chi connectivity index (χ2n) is 13.2. The highest BCUT2D eigenvalue weighted by molar-refractivity contribution is 5.80. The molecule has 44 heavy (non-hydrogen) atoms. The topological polar surface area (TPSA) is 64.6 Å². The third-order valence-electron chi connectivity index (χ3n) is 9.03. The summed E-state index contributed by atoms with van der Waals surface area (Å²) >= 11 is 0. The highest BCUT2D eigenvalue weighted by Gasteiger charge is 2.25. The minimum Gasteiger partial charge on any atom is -0.465 e. The number of unbranched alkanes of at least 4 members (excludes halogenated alkanes) is 14. The molecule has 0 aromatic rings. The molecule has 0 saturated heterocycles. The van der Waals surface area contributed by atoms with Gasteiger partial charge in [0.1, 0.15) is 0 Å². The van der Waals surface area contributed by atoms with Gasteiger partial charge in [-0.15, -0.1) is 0 Å². The Morgan fingerprint density at radius 1 is 0.591 bits per heavy atom. The highest BCUT2D eigenvalue weighted by atomic mass is 16.5. The molecule has 0 rings (SSSR count). The second kappa shape index (κ2) is 33.0. The molecule has 0 aliphatic heterocycles. The fourth-order valence-corrected chi connectivity index (χ4v) is 5.60. The normalized spacial score (nSPS) is 13.7. The number of nitrogens with one attached hydrogen (secondary N) is 1. The lowest BCUT2D eigenvalue weighted by atomic mass is 10.00. The summed E-state index contributed by atoms with van der Waals surface area (Å²) < 4.78 is 11.4. The predicted octanol–water partition coefficient (Wildman–Crippen LogP) is 11.1. The minimum atomic E-state index is -0.490. The van der Waals surface area contributed by atoms with Crippen molar-refractivity contribution in [3.05, 3.63) is 12.2 Å². The van der Waals surface area contributed by atoms with Crippen molar-refractivity contribution < 1.29 is 19.1 Å². The zero-order valence-corrected chi connectivity index (χ0v) is 30.1. The maximum absolute atomic E-state index is 13.0. The molecule has 0 aliphatic rings. The first kappa shape index (κ1) is 42.6. The number of rotatable bonds is 33. The van der Waals surface area contributed by atoms with Crippen molar-refractivity contribution in [2.24, 2.45) is 17.8 Å². The number of esters is 2. The van der Waals surface area contributed by atoms with Gasteiger partial charge in [-0.2, -0.15) is 0 Å². The first-order valence-electron chi connectivity index (χ1n) is 19.2. The zero-order chi connectivity index (χ0) is 32.5. The number of carbonyl (C=O) groups excluding carboxylic acids is 2. The fraction of sp³-hybridized carbons (Fsp3) is 0.897. The molecule has 0 amide bonds. The summed E-state index contributed by atoms with van der Waals surface area (Å²) in [6.07, 6.45) is 31.8. The summed E-state index contributed by atoms with van der Waals surface area (Å²) in [5.74, 6) is -0.236. The zero-order valence-electron chi connectivity index (χ0n) is 30.1. The van der Waals surface area contributed by atoms with E-state index in [-0.39, 0.29) is 18.4 Å². The van der Waals surface area contributed by atoms with E-state index >= 15 is 0 Å². The molecule has 3 unspecified atom stereocenters. The summed E-state index contributed by atoms with van der Waals surface area (Å²) in [4.78, 5) is 25.8. The van der Waals surface area contributed by atoms with Crippen LogP contribution in [0.15, 0.2) is 12.2 Å². The predicted molar refractivity (Wildman–Crippen MR) is 189 cm³/mol. The summed E-state index contributed by atoms with van der Waals surface area (Å²) in [7, 11) is 0. The van der Waals surface area contributed by atoms with Crippen LogP contribution in [0.25, 0.3) is 0 Å². The van der Waals surface area contributed by atoms with Gasteiger partial charge in [0.2, 0.25) is 0 Å². The van der Waals surface area contributed by atoms with Crippen molar-refractivity contribution in [3.63, 3.8) is 0 Å². The number of hydrogen-bond donors (Lipinski definition) is 1. The van der Waals surface area contributed by atoms with Gasteiger partial charge in [0.15, 0.2) is 0 Å². The first-order valence-corrected chi connectivity index (χ1v) is 19.2. The van der Waals surface area contributed by atoms with E-state index in [1.807, 2.05) is 0 Å². The van der Waals surface area contributed by atoms with Crippen LogP contribution in [0.4, 0.5) is 0 Å². The lowest BCUT2D eigenvalue weighted by Gasteiger charge is -2.20. The fourth-order valence-electron chi connectivity index (χ4n) is 5.60. The third-order valence-corrected chi connectivity index (χ3v) is 9.03. The molecule has 0 aromatic carbocycles. The summed E-state index contributed by atoms with van der Waals surface area (Å²) in [5, 5.41) is 3.44. The smallest absolute Gasteiger partial charge is 0.310 e. The van der Waals surface area contributed by atoms with Crippen molar-refractivity contribution in [1.29, 1.82) is 0 Å². The van der Waals surface area contributed by atoms with E-state index in [0.717, 1.165) is 64.3 Å². The molecule has 5 nitrogen and oxygen atoms in total. The molecule has 5 heteroatoms. The Balaban J connectivity index is 4.31. The van der Waals surface area contributed by atoms with Gasteiger partial charge in [0, 0.05) is 6.54 Å². The molecule has 3 atom stereocenters. The number of hydrogen-bond acceptors (Lipinski definition) is 5. The van der Waals surface area contributed by atoms with E-state index in [0.29, 0.717) is 31.6 Å². The van der Waals surface area contributed by atoms with Gasteiger partial charge in [0.25, 0.3) is 0 Å². The van der Waals surface area contributed by atoms with E-state index < -0.39 is 5.92 Å². The van der Waals surface area contributed by atoms with Crippen LogP contribution in [0.1, 0.15) is 182 Å². The van der Waals surface area contributed by atoms with Crippen molar-refractivity contribution in [3.8, 4) is 0 Å². The molecule has 0 radical (unpaired) electrons. The number of carbonyl (C=O) groups is 2. The Hall–Kier alpha value is -1.36. The molecule has 0 aromatic heterocycles. The van der Waals surface area contributed by atoms with Crippen molar-refractivity contribution in [2.45, 2.75) is 182 Å². The van der Waals surface area contributed by atoms with Crippen LogP contribution < -0.4 is 5.32 Å². The van der Waals surface area contributed by atoms with Crippen LogP contribution in [0, 0.1) is 17.8 Å². The van der Waals surface area contributed by atoms with E-state index in [1.54, 1.807) is 0 Å². The van der Waals surface area contributed by atoms with Crippen LogP contribution in [0.5, 0.6) is 0 Å². The van der Waals surface area contributed by atoms with E-state index in [4.69, 9.17) is 9.47 Å². The van der Waals surface area contributed by atoms with Crippen LogP contribution in [0.3, 0.4) is 0 Å². The SMILES string of the molecule is CCCCCCCC/C=C\CCCCCCCCNCC(CC(=O)OCC(CC)CCCC)C(=O)OCC(CC)CCCC. The largest absolute Gasteiger partial charge is 0.465 e. The molecular weight excluding hydrogens is 546 g/mol. The standard InChI is InChI=1S/C39H75NO4/c1-6-11-14-15-16-17-18-19-20-21-22-23-24-25-26-27-30-40-32-37(39(42)44-34-36(10-5)29-13-8-3)31-38(41)43-33-35(9-4)28-12-7-2/h19-20,35-37,40H,6-18,21-34H2,1-5H3/b20-19-. The van der Waals surface area contributed by atoms with Crippen LogP contribution in [-0.4, -0.2) is 38.2 Å². The van der Waals surface area contributed by atoms with Crippen molar-refractivity contribution >= 4 is 11.9 Å². The maximum atomic E-state index is 13.0. The molecule has 0 spiro atoms. The molecule has 1 N–H and O–H groups in total. The number of ether oxygens (including phenoxy) is 2. The van der Waals surface area contributed by atoms with Gasteiger partial charge in [-0.3, -0.25) is 9.59 Å². The minimum absolute atomic E-state index is 0.0925. The highest BCUT2D eigenvalue weighted by Crippen LogP contribution is 2.17. The first-order chi connectivity index (χ1) is 21.5. The van der Waals surface area contributed by atoms with Crippen LogP contribution in [0.2, 0.25) is 0 Å². The van der Waals surface area contributed by atoms with E-state index in [1.165, 1.54) is 83.5 Å². The molecular formula is C39H75NO4. The summed E-state index contributed by atoms with van der Waals surface area (Å²) in [5.41, 5.74) is 0. The monoisotopic (exact) mass is 622 g/mol. The van der Waals surface area contributed by atoms with Gasteiger partial charge in [-0.1, -0.05) is 143 Å². The molecule has 0 fully saturated rings. The average Bonchev–Trinajstić information content (AvgIpc) is 3.03. The third kappa shape index (κ3) is 27.0. The van der Waals surface area contributed by atoms with Gasteiger partial charge >= 0.3 is 11.9 Å². The lowest BCUT2D eigenvalue weighted by molar-refractivity contribution is -0.156. The van der Waals surface area contributed by atoms with Crippen molar-refractivity contribution in [1.82, 2.24) is 5.32 Å². The summed E-state index contributed by atoms with van der Waals surface area (Å²) in [6, 6.07) is 0. The average molecular weight is 622 g/mol. The van der Waals surface area contributed by atoms with Crippen LogP contribution in [-0.2, 0) is 19.1 Å². The molecule has 0 saturated carbocycles. The molecule has 0 aliphatic carbocycles. The Kier molecular flexibility index (Phi) is 32.0. The Labute approximate surface area is 274 Å². The Bertz CT molecular complexity index is 665. The number of allylic oxidation sites excluding steroid dienone is 2. The Morgan fingerprint density at radius 2 is 1.07 bits per heavy atom. The quantitative estimate of drug-likeness (QED) is 0.0448. The summed E-state index contributed by atoms with van der Waals surface area (Å²) in [6.45, 7) is 13.2. The van der Waals surface area contributed by atoms with Gasteiger partial charge in [-0.05, 0) is 63.3 Å². The van der Waals surface area contributed by atoms with Crippen LogP contribution >= 0.6 is 0 Å². The molecule has 0 bridgehead atoms. The lowest BCUT2D eigenvalue weighted by Crippen LogP contribution is -2.33. The molecule has 260 valence electrons. The molecule has 0 heterocycles. The van der Waals surface area contributed by atoms with Gasteiger partial charge < -0.3 is 14.8 Å². The van der Waals surface area contributed by atoms with Crippen molar-refractivity contribution in [2.75, 3.05) is 26.3 Å². The second-order valence-corrected chi connectivity index (χ2v) is 13.2. The van der Waals surface area contributed by atoms with Gasteiger partial charge in [-0.25, -0.2) is 0 Å². The van der Waals surface area contributed by atoms with Gasteiger partial charge in [0.05, 0.1) is 25.6 Å². The Morgan fingerprint density at radius 3 is 1.59 bits per heavy atom.